The topological polar surface area (TPSA) is 50.6 Å². The Morgan fingerprint density at radius 2 is 1.87 bits per heavy atom. The van der Waals surface area contributed by atoms with E-state index in [1.54, 1.807) is 6.21 Å². The molecule has 0 atom stereocenters. The summed E-state index contributed by atoms with van der Waals surface area (Å²) in [6.45, 7) is 10.7. The van der Waals surface area contributed by atoms with Gasteiger partial charge in [0, 0.05) is 29.2 Å². The Labute approximate surface area is 184 Å². The highest BCUT2D eigenvalue weighted by atomic mass is 32.1. The molecule has 0 aliphatic heterocycles. The normalized spacial score (nSPS) is 11.7. The van der Waals surface area contributed by atoms with Crippen LogP contribution in [0.4, 0.5) is 0 Å². The maximum Gasteiger partial charge on any atom is 0.186 e. The summed E-state index contributed by atoms with van der Waals surface area (Å²) in [5, 5.41) is 8.93. The monoisotopic (exact) mass is 422 g/mol. The first-order valence-electron chi connectivity index (χ1n) is 10.3. The van der Waals surface area contributed by atoms with Crippen molar-refractivity contribution in [2.45, 2.75) is 39.7 Å². The Morgan fingerprint density at radius 3 is 2.57 bits per heavy atom. The van der Waals surface area contributed by atoms with E-state index in [4.69, 9.17) is 17.0 Å². The summed E-state index contributed by atoms with van der Waals surface area (Å²) in [5.41, 5.74) is 6.48. The molecule has 0 saturated heterocycles. The summed E-state index contributed by atoms with van der Waals surface area (Å²) in [7, 11) is 0. The van der Waals surface area contributed by atoms with E-state index >= 15 is 0 Å². The summed E-state index contributed by atoms with van der Waals surface area (Å²) in [6, 6.07) is 16.7. The molecular formula is C24H30N4OS. The number of fused-ring (bicyclic) bond motifs is 1. The lowest BCUT2D eigenvalue weighted by atomic mass is 9.87. The molecule has 0 spiro atoms. The van der Waals surface area contributed by atoms with Crippen molar-refractivity contribution < 1.29 is 4.74 Å². The van der Waals surface area contributed by atoms with Crippen molar-refractivity contribution in [3.05, 3.63) is 65.9 Å². The maximum atomic E-state index is 5.98. The van der Waals surface area contributed by atoms with Gasteiger partial charge in [0.1, 0.15) is 12.4 Å². The zero-order valence-electron chi connectivity index (χ0n) is 18.1. The SMILES string of the molecule is CCNC(=S)N/N=C/c1cn(CCOc2ccc(C(C)(C)C)cc2)c2ccccc12. The fourth-order valence-corrected chi connectivity index (χ4v) is 3.43. The molecule has 3 rings (SSSR count). The van der Waals surface area contributed by atoms with Crippen molar-refractivity contribution in [3.63, 3.8) is 0 Å². The number of hydrazone groups is 1. The molecular weight excluding hydrogens is 392 g/mol. The second kappa shape index (κ2) is 9.76. The number of hydrogen-bond donors (Lipinski definition) is 2. The van der Waals surface area contributed by atoms with E-state index in [-0.39, 0.29) is 5.41 Å². The molecule has 0 saturated carbocycles. The first-order chi connectivity index (χ1) is 14.4. The second-order valence-corrected chi connectivity index (χ2v) is 8.56. The molecule has 1 aromatic heterocycles. The van der Waals surface area contributed by atoms with Crippen LogP contribution in [-0.2, 0) is 12.0 Å². The third-order valence-electron chi connectivity index (χ3n) is 4.85. The highest BCUT2D eigenvalue weighted by Gasteiger charge is 2.13. The fourth-order valence-electron chi connectivity index (χ4n) is 3.24. The molecule has 1 heterocycles. The quantitative estimate of drug-likeness (QED) is 0.325. The van der Waals surface area contributed by atoms with Crippen LogP contribution in [0.1, 0.15) is 38.8 Å². The number of ether oxygens (including phenoxy) is 1. The molecule has 2 aromatic carbocycles. The fraction of sp³-hybridized carbons (Fsp3) is 0.333. The summed E-state index contributed by atoms with van der Waals surface area (Å²) < 4.78 is 8.18. The first-order valence-corrected chi connectivity index (χ1v) is 10.7. The molecule has 0 aliphatic rings. The van der Waals surface area contributed by atoms with Gasteiger partial charge in [-0.2, -0.15) is 5.10 Å². The van der Waals surface area contributed by atoms with Gasteiger partial charge in [-0.1, -0.05) is 51.1 Å². The molecule has 0 aliphatic carbocycles. The number of aromatic nitrogens is 1. The molecule has 5 nitrogen and oxygen atoms in total. The number of thiocarbonyl (C=S) groups is 1. The lowest BCUT2D eigenvalue weighted by molar-refractivity contribution is 0.300. The van der Waals surface area contributed by atoms with Gasteiger partial charge in [-0.25, -0.2) is 0 Å². The Kier molecular flexibility index (Phi) is 7.11. The number of hydrogen-bond acceptors (Lipinski definition) is 3. The van der Waals surface area contributed by atoms with Crippen LogP contribution in [0.25, 0.3) is 10.9 Å². The van der Waals surface area contributed by atoms with Crippen LogP contribution < -0.4 is 15.5 Å². The highest BCUT2D eigenvalue weighted by Crippen LogP contribution is 2.24. The van der Waals surface area contributed by atoms with Gasteiger partial charge in [0.25, 0.3) is 0 Å². The number of nitrogens with zero attached hydrogens (tertiary/aromatic N) is 2. The van der Waals surface area contributed by atoms with Crippen LogP contribution in [0.5, 0.6) is 5.75 Å². The summed E-state index contributed by atoms with van der Waals surface area (Å²) in [5.74, 6) is 0.891. The van der Waals surface area contributed by atoms with E-state index in [1.807, 2.05) is 31.2 Å². The van der Waals surface area contributed by atoms with Crippen LogP contribution in [0, 0.1) is 0 Å². The molecule has 0 fully saturated rings. The van der Waals surface area contributed by atoms with Crippen molar-refractivity contribution in [3.8, 4) is 5.75 Å². The van der Waals surface area contributed by atoms with Crippen LogP contribution in [-0.4, -0.2) is 29.0 Å². The predicted molar refractivity (Wildman–Crippen MR) is 130 cm³/mol. The van der Waals surface area contributed by atoms with Crippen LogP contribution in [0.3, 0.4) is 0 Å². The largest absolute Gasteiger partial charge is 0.492 e. The third-order valence-corrected chi connectivity index (χ3v) is 5.08. The average molecular weight is 423 g/mol. The van der Waals surface area contributed by atoms with E-state index in [0.717, 1.165) is 35.3 Å². The minimum atomic E-state index is 0.145. The summed E-state index contributed by atoms with van der Waals surface area (Å²) in [6.07, 6.45) is 3.90. The molecule has 3 aromatic rings. The molecule has 30 heavy (non-hydrogen) atoms. The van der Waals surface area contributed by atoms with E-state index in [1.165, 1.54) is 5.56 Å². The Bertz CT molecular complexity index is 1020. The van der Waals surface area contributed by atoms with E-state index < -0.39 is 0 Å². The Morgan fingerprint density at radius 1 is 1.13 bits per heavy atom. The van der Waals surface area contributed by atoms with Gasteiger partial charge in [-0.3, -0.25) is 5.43 Å². The van der Waals surface area contributed by atoms with Gasteiger partial charge < -0.3 is 14.6 Å². The van der Waals surface area contributed by atoms with Crippen molar-refractivity contribution in [1.29, 1.82) is 0 Å². The second-order valence-electron chi connectivity index (χ2n) is 8.15. The molecule has 0 radical (unpaired) electrons. The number of nitrogens with one attached hydrogen (secondary N) is 2. The number of benzene rings is 2. The van der Waals surface area contributed by atoms with E-state index in [0.29, 0.717) is 11.7 Å². The van der Waals surface area contributed by atoms with E-state index in [2.05, 4.69) is 71.6 Å². The summed E-state index contributed by atoms with van der Waals surface area (Å²) >= 11 is 5.14. The van der Waals surface area contributed by atoms with Gasteiger partial charge in [0.15, 0.2) is 5.11 Å². The standard InChI is InChI=1S/C24H30N4OS/c1-5-25-23(30)27-26-16-18-17-28(22-9-7-6-8-21(18)22)14-15-29-20-12-10-19(11-13-20)24(2,3)4/h6-13,16-17H,5,14-15H2,1-4H3,(H2,25,27,30)/b26-16+. The van der Waals surface area contributed by atoms with Gasteiger partial charge in [-0.15, -0.1) is 0 Å². The predicted octanol–water partition coefficient (Wildman–Crippen LogP) is 4.84. The molecule has 0 bridgehead atoms. The lowest BCUT2D eigenvalue weighted by Gasteiger charge is -2.19. The van der Waals surface area contributed by atoms with Gasteiger partial charge in [0.2, 0.25) is 0 Å². The lowest BCUT2D eigenvalue weighted by Crippen LogP contribution is -2.31. The maximum absolute atomic E-state index is 5.98. The highest BCUT2D eigenvalue weighted by molar-refractivity contribution is 7.80. The Balaban J connectivity index is 1.66. The minimum Gasteiger partial charge on any atom is -0.492 e. The summed E-state index contributed by atoms with van der Waals surface area (Å²) in [4.78, 5) is 0. The Hall–Kier alpha value is -2.86. The van der Waals surface area contributed by atoms with Crippen LogP contribution >= 0.6 is 12.2 Å². The zero-order chi connectivity index (χ0) is 21.6. The van der Waals surface area contributed by atoms with Crippen LogP contribution in [0.2, 0.25) is 0 Å². The number of rotatable bonds is 7. The molecule has 0 unspecified atom stereocenters. The molecule has 0 amide bonds. The molecule has 6 heteroatoms. The zero-order valence-corrected chi connectivity index (χ0v) is 18.9. The van der Waals surface area contributed by atoms with Gasteiger partial charge >= 0.3 is 0 Å². The molecule has 2 N–H and O–H groups in total. The van der Waals surface area contributed by atoms with Gasteiger partial charge in [-0.05, 0) is 48.3 Å². The molecule has 158 valence electrons. The number of para-hydroxylation sites is 1. The smallest absolute Gasteiger partial charge is 0.186 e. The first kappa shape index (κ1) is 21.8. The van der Waals surface area contributed by atoms with E-state index in [9.17, 15) is 0 Å². The average Bonchev–Trinajstić information content (AvgIpc) is 3.06. The van der Waals surface area contributed by atoms with Crippen LogP contribution in [0.15, 0.2) is 59.8 Å². The third kappa shape index (κ3) is 5.60. The van der Waals surface area contributed by atoms with Crippen molar-refractivity contribution in [1.82, 2.24) is 15.3 Å². The van der Waals surface area contributed by atoms with Gasteiger partial charge in [0.05, 0.1) is 12.8 Å². The van der Waals surface area contributed by atoms with Crippen molar-refractivity contribution in [2.75, 3.05) is 13.2 Å². The minimum absolute atomic E-state index is 0.145. The van der Waals surface area contributed by atoms with Crippen molar-refractivity contribution in [2.24, 2.45) is 5.10 Å². The van der Waals surface area contributed by atoms with Crippen molar-refractivity contribution >= 4 is 34.4 Å².